The number of amides is 1. The summed E-state index contributed by atoms with van der Waals surface area (Å²) in [4.78, 5) is 22.2. The molecule has 0 bridgehead atoms. The molecule has 10 nitrogen and oxygen atoms in total. The molecule has 1 amide bonds. The summed E-state index contributed by atoms with van der Waals surface area (Å²) in [7, 11) is -3.62. The van der Waals surface area contributed by atoms with E-state index in [1.54, 1.807) is 6.07 Å². The summed E-state index contributed by atoms with van der Waals surface area (Å²) < 4.78 is 26.4. The summed E-state index contributed by atoms with van der Waals surface area (Å²) >= 11 is 0. The smallest absolute Gasteiger partial charge is 0.251 e. The monoisotopic (exact) mass is 528 g/mol. The van der Waals surface area contributed by atoms with Crippen LogP contribution in [0.25, 0.3) is 0 Å². The van der Waals surface area contributed by atoms with Crippen molar-refractivity contribution in [1.29, 1.82) is 5.26 Å². The number of aliphatic hydroxyl groups excluding tert-OH is 1. The Bertz CT molecular complexity index is 1180. The zero-order chi connectivity index (χ0) is 26.8. The van der Waals surface area contributed by atoms with E-state index < -0.39 is 22.0 Å². The third-order valence-electron chi connectivity index (χ3n) is 6.26. The predicted octanol–water partition coefficient (Wildman–Crippen LogP) is 1.63. The minimum absolute atomic E-state index is 0.197. The van der Waals surface area contributed by atoms with E-state index in [0.29, 0.717) is 44.7 Å². The normalized spacial score (nSPS) is 15.1. The van der Waals surface area contributed by atoms with E-state index in [0.717, 1.165) is 24.9 Å². The van der Waals surface area contributed by atoms with Crippen LogP contribution in [0, 0.1) is 11.3 Å². The molecule has 0 saturated carbocycles. The molecule has 1 aromatic carbocycles. The zero-order valence-electron chi connectivity index (χ0n) is 21.5. The molecule has 1 saturated heterocycles. The van der Waals surface area contributed by atoms with Gasteiger partial charge in [-0.3, -0.25) is 14.0 Å². The van der Waals surface area contributed by atoms with Crippen LogP contribution in [0.1, 0.15) is 35.7 Å². The highest BCUT2D eigenvalue weighted by atomic mass is 32.2. The average Bonchev–Trinajstić information content (AvgIpc) is 2.90. The topological polar surface area (TPSA) is 130 Å². The van der Waals surface area contributed by atoms with Crippen LogP contribution in [0.2, 0.25) is 0 Å². The number of hydrogen-bond acceptors (Lipinski definition) is 8. The number of nitrogens with zero attached hydrogens (tertiary/aromatic N) is 5. The zero-order valence-corrected chi connectivity index (χ0v) is 22.3. The van der Waals surface area contributed by atoms with Gasteiger partial charge in [0.15, 0.2) is 0 Å². The van der Waals surface area contributed by atoms with Crippen LogP contribution in [0.3, 0.4) is 0 Å². The molecule has 2 aromatic rings. The molecule has 3 rings (SSSR count). The van der Waals surface area contributed by atoms with Crippen molar-refractivity contribution in [1.82, 2.24) is 15.2 Å². The highest BCUT2D eigenvalue weighted by Crippen LogP contribution is 2.24. The number of carbonyl (C=O) groups excluding carboxylic acids is 1. The van der Waals surface area contributed by atoms with Gasteiger partial charge in [-0.2, -0.15) is 5.26 Å². The second-order valence-electron chi connectivity index (χ2n) is 9.19. The maximum Gasteiger partial charge on any atom is 0.251 e. The molecule has 1 fully saturated rings. The summed E-state index contributed by atoms with van der Waals surface area (Å²) in [6.07, 6.45) is 2.64. The number of aromatic nitrogens is 1. The van der Waals surface area contributed by atoms with Crippen molar-refractivity contribution in [2.45, 2.75) is 32.2 Å². The Kier molecular flexibility index (Phi) is 10.3. The van der Waals surface area contributed by atoms with Gasteiger partial charge in [-0.25, -0.2) is 13.4 Å². The largest absolute Gasteiger partial charge is 0.394 e. The van der Waals surface area contributed by atoms with E-state index >= 15 is 0 Å². The van der Waals surface area contributed by atoms with Crippen LogP contribution in [0.15, 0.2) is 42.5 Å². The molecule has 0 unspecified atom stereocenters. The van der Waals surface area contributed by atoms with Crippen molar-refractivity contribution >= 4 is 27.6 Å². The Hall–Kier alpha value is -3.20. The summed E-state index contributed by atoms with van der Waals surface area (Å²) in [6, 6.07) is 14.4. The molecule has 0 radical (unpaired) electrons. The minimum Gasteiger partial charge on any atom is -0.394 e. The van der Waals surface area contributed by atoms with Gasteiger partial charge in [0, 0.05) is 51.3 Å². The van der Waals surface area contributed by atoms with E-state index in [4.69, 9.17) is 5.26 Å². The number of carbonyl (C=O) groups is 1. The Balaban J connectivity index is 1.88. The van der Waals surface area contributed by atoms with Gasteiger partial charge in [-0.1, -0.05) is 37.3 Å². The summed E-state index contributed by atoms with van der Waals surface area (Å²) in [5.74, 6) is 0.316. The van der Waals surface area contributed by atoms with Gasteiger partial charge in [0.2, 0.25) is 10.0 Å². The van der Waals surface area contributed by atoms with Crippen molar-refractivity contribution in [3.8, 4) is 6.07 Å². The lowest BCUT2D eigenvalue weighted by Gasteiger charge is -2.35. The molecular formula is C26H36N6O4S. The van der Waals surface area contributed by atoms with Crippen LogP contribution in [-0.2, 0) is 16.4 Å². The standard InChI is InChI=1S/C26H36N6O4S/c1-3-11-32(37(2,35)36)25-19-22(26(34)28-23(20-33)17-21-8-5-4-6-9-21)18-24(29-25)31-15-13-30(14-16-31)12-7-10-27/h4-6,8-9,18-19,23,33H,3,7,11-17,20H2,1-2H3,(H,28,34)/t23-/m0/s1. The van der Waals surface area contributed by atoms with E-state index in [1.807, 2.05) is 42.2 Å². The number of anilines is 2. The number of sulfonamides is 1. The lowest BCUT2D eigenvalue weighted by molar-refractivity contribution is 0.0916. The maximum absolute atomic E-state index is 13.3. The first-order chi connectivity index (χ1) is 17.7. The summed E-state index contributed by atoms with van der Waals surface area (Å²) in [5, 5.41) is 21.6. The fraction of sp³-hybridized carbons (Fsp3) is 0.500. The number of pyridine rings is 1. The third kappa shape index (κ3) is 8.15. The Labute approximate surface area is 219 Å². The second kappa shape index (κ2) is 13.4. The number of hydrogen-bond donors (Lipinski definition) is 2. The molecule has 1 aliphatic heterocycles. The van der Waals surface area contributed by atoms with Crippen LogP contribution in [0.4, 0.5) is 11.6 Å². The van der Waals surface area contributed by atoms with Crippen molar-refractivity contribution in [2.75, 3.05) is 61.3 Å². The average molecular weight is 529 g/mol. The number of nitriles is 1. The van der Waals surface area contributed by atoms with Crippen molar-refractivity contribution in [3.05, 3.63) is 53.6 Å². The van der Waals surface area contributed by atoms with Crippen LogP contribution in [0.5, 0.6) is 0 Å². The van der Waals surface area contributed by atoms with Crippen molar-refractivity contribution in [3.63, 3.8) is 0 Å². The lowest BCUT2D eigenvalue weighted by atomic mass is 10.1. The second-order valence-corrected chi connectivity index (χ2v) is 11.1. The predicted molar refractivity (Wildman–Crippen MR) is 144 cm³/mol. The van der Waals surface area contributed by atoms with Gasteiger partial charge >= 0.3 is 0 Å². The fourth-order valence-corrected chi connectivity index (χ4v) is 5.26. The highest BCUT2D eigenvalue weighted by Gasteiger charge is 2.25. The van der Waals surface area contributed by atoms with Gasteiger partial charge in [0.05, 0.1) is 25.0 Å². The van der Waals surface area contributed by atoms with Gasteiger partial charge < -0.3 is 15.3 Å². The molecule has 1 aromatic heterocycles. The Morgan fingerprint density at radius 1 is 1.22 bits per heavy atom. The molecular weight excluding hydrogens is 492 g/mol. The Morgan fingerprint density at radius 3 is 2.51 bits per heavy atom. The SMILES string of the molecule is CCCN(c1cc(C(=O)N[C@H](CO)Cc2ccccc2)cc(N2CCN(CCC#N)CC2)n1)S(C)(=O)=O. The van der Waals surface area contributed by atoms with Crippen LogP contribution >= 0.6 is 0 Å². The minimum atomic E-state index is -3.62. The first kappa shape index (κ1) is 28.4. The van der Waals surface area contributed by atoms with Gasteiger partial charge in [-0.05, 0) is 30.5 Å². The number of benzene rings is 1. The van der Waals surface area contributed by atoms with E-state index in [9.17, 15) is 18.3 Å². The number of nitrogens with one attached hydrogen (secondary N) is 1. The number of aliphatic hydroxyl groups is 1. The third-order valence-corrected chi connectivity index (χ3v) is 7.43. The first-order valence-corrected chi connectivity index (χ1v) is 14.4. The fourth-order valence-electron chi connectivity index (χ4n) is 4.31. The van der Waals surface area contributed by atoms with E-state index in [2.05, 4.69) is 21.3 Å². The lowest BCUT2D eigenvalue weighted by Crippen LogP contribution is -2.47. The van der Waals surface area contributed by atoms with Crippen molar-refractivity contribution < 1.29 is 18.3 Å². The molecule has 0 aliphatic carbocycles. The molecule has 2 N–H and O–H groups in total. The molecule has 1 atom stereocenters. The van der Waals surface area contributed by atoms with Crippen LogP contribution in [-0.4, -0.2) is 87.5 Å². The summed E-state index contributed by atoms with van der Waals surface area (Å²) in [5.41, 5.74) is 1.27. The molecule has 1 aliphatic rings. The van der Waals surface area contributed by atoms with Crippen molar-refractivity contribution in [2.24, 2.45) is 0 Å². The molecule has 0 spiro atoms. The Morgan fingerprint density at radius 2 is 1.92 bits per heavy atom. The maximum atomic E-state index is 13.3. The highest BCUT2D eigenvalue weighted by molar-refractivity contribution is 7.92. The van der Waals surface area contributed by atoms with Gasteiger partial charge in [0.25, 0.3) is 5.91 Å². The number of piperazine rings is 1. The summed E-state index contributed by atoms with van der Waals surface area (Å²) in [6.45, 7) is 5.35. The van der Waals surface area contributed by atoms with E-state index in [-0.39, 0.29) is 24.5 Å². The van der Waals surface area contributed by atoms with Crippen LogP contribution < -0.4 is 14.5 Å². The molecule has 11 heteroatoms. The molecule has 2 heterocycles. The quantitative estimate of drug-likeness (QED) is 0.425. The number of rotatable bonds is 12. The molecule has 37 heavy (non-hydrogen) atoms. The first-order valence-electron chi connectivity index (χ1n) is 12.5. The van der Waals surface area contributed by atoms with Gasteiger partial charge in [-0.15, -0.1) is 0 Å². The molecule has 200 valence electrons. The van der Waals surface area contributed by atoms with E-state index in [1.165, 1.54) is 10.4 Å². The van der Waals surface area contributed by atoms with Gasteiger partial charge in [0.1, 0.15) is 11.6 Å².